The third-order valence-corrected chi connectivity index (χ3v) is 5.33. The van der Waals surface area contributed by atoms with Crippen molar-refractivity contribution in [1.29, 1.82) is 0 Å². The maximum atomic E-state index is 12.4. The molecule has 1 heterocycles. The van der Waals surface area contributed by atoms with Crippen molar-refractivity contribution in [3.05, 3.63) is 77.4 Å². The summed E-state index contributed by atoms with van der Waals surface area (Å²) in [6, 6.07) is 18.3. The summed E-state index contributed by atoms with van der Waals surface area (Å²) in [4.78, 5) is 12.4. The molecule has 1 amide bonds. The predicted octanol–water partition coefficient (Wildman–Crippen LogP) is 3.83. The first-order valence-corrected chi connectivity index (χ1v) is 9.72. The van der Waals surface area contributed by atoms with Crippen LogP contribution in [0, 0.1) is 5.92 Å². The molecular formula is C23H27ClN2O2. The summed E-state index contributed by atoms with van der Waals surface area (Å²) < 4.78 is 5.84. The second kappa shape index (κ2) is 9.76. The third-order valence-electron chi connectivity index (χ3n) is 5.33. The number of amides is 1. The Labute approximate surface area is 172 Å². The average molecular weight is 399 g/mol. The lowest BCUT2D eigenvalue weighted by molar-refractivity contribution is -0.122. The van der Waals surface area contributed by atoms with Crippen molar-refractivity contribution in [3.8, 4) is 5.75 Å². The van der Waals surface area contributed by atoms with E-state index in [-0.39, 0.29) is 24.2 Å². The molecule has 0 saturated heterocycles. The van der Waals surface area contributed by atoms with Crippen molar-refractivity contribution in [1.82, 2.24) is 10.6 Å². The van der Waals surface area contributed by atoms with E-state index in [1.54, 1.807) is 0 Å². The fraction of sp³-hybridized carbons (Fsp3) is 0.348. The number of nitrogens with one attached hydrogen (secondary N) is 2. The Morgan fingerprint density at radius 3 is 2.61 bits per heavy atom. The van der Waals surface area contributed by atoms with Crippen molar-refractivity contribution in [2.45, 2.75) is 25.4 Å². The van der Waals surface area contributed by atoms with Gasteiger partial charge in [-0.3, -0.25) is 4.79 Å². The van der Waals surface area contributed by atoms with Gasteiger partial charge in [0, 0.05) is 19.0 Å². The number of hydrogen-bond donors (Lipinski definition) is 2. The number of hydrogen-bond acceptors (Lipinski definition) is 3. The lowest BCUT2D eigenvalue weighted by atomic mass is 10.1. The van der Waals surface area contributed by atoms with Crippen LogP contribution in [0.4, 0.5) is 0 Å². The van der Waals surface area contributed by atoms with Crippen molar-refractivity contribution < 1.29 is 9.53 Å². The van der Waals surface area contributed by atoms with Gasteiger partial charge in [0.1, 0.15) is 12.4 Å². The van der Waals surface area contributed by atoms with Crippen molar-refractivity contribution in [3.63, 3.8) is 0 Å². The molecule has 2 aromatic rings. The van der Waals surface area contributed by atoms with Crippen molar-refractivity contribution in [2.75, 3.05) is 19.6 Å². The first-order valence-electron chi connectivity index (χ1n) is 9.72. The maximum Gasteiger partial charge on any atom is 0.224 e. The molecule has 0 radical (unpaired) electrons. The van der Waals surface area contributed by atoms with Crippen LogP contribution in [-0.4, -0.2) is 25.5 Å². The van der Waals surface area contributed by atoms with Crippen LogP contribution in [0.3, 0.4) is 0 Å². The van der Waals surface area contributed by atoms with E-state index in [0.29, 0.717) is 19.1 Å². The van der Waals surface area contributed by atoms with Crippen molar-refractivity contribution >= 4 is 18.3 Å². The summed E-state index contributed by atoms with van der Waals surface area (Å²) in [5, 5.41) is 6.39. The zero-order valence-corrected chi connectivity index (χ0v) is 16.7. The van der Waals surface area contributed by atoms with E-state index in [0.717, 1.165) is 37.2 Å². The first-order chi connectivity index (χ1) is 13.3. The Kier molecular flexibility index (Phi) is 7.12. The van der Waals surface area contributed by atoms with Gasteiger partial charge in [-0.05, 0) is 48.6 Å². The highest BCUT2D eigenvalue weighted by molar-refractivity contribution is 5.85. The normalized spacial score (nSPS) is 20.5. The summed E-state index contributed by atoms with van der Waals surface area (Å²) in [6.45, 7) is 3.18. The van der Waals surface area contributed by atoms with Gasteiger partial charge < -0.3 is 15.4 Å². The number of halogens is 1. The quantitative estimate of drug-likeness (QED) is 0.697. The number of carbonyl (C=O) groups is 1. The zero-order chi connectivity index (χ0) is 18.5. The molecule has 1 aliphatic heterocycles. The Morgan fingerprint density at radius 1 is 1.11 bits per heavy atom. The average Bonchev–Trinajstić information content (AvgIpc) is 3.53. The number of carbonyl (C=O) groups excluding carboxylic acids is 1. The lowest BCUT2D eigenvalue weighted by Crippen LogP contribution is -2.30. The molecule has 4 rings (SSSR count). The van der Waals surface area contributed by atoms with Crippen LogP contribution < -0.4 is 15.4 Å². The van der Waals surface area contributed by atoms with Crippen molar-refractivity contribution in [2.24, 2.45) is 5.92 Å². The molecule has 4 nitrogen and oxygen atoms in total. The van der Waals surface area contributed by atoms with E-state index in [1.807, 2.05) is 30.3 Å². The summed E-state index contributed by atoms with van der Waals surface area (Å²) in [7, 11) is 0. The molecule has 1 aliphatic carbocycles. The van der Waals surface area contributed by atoms with Gasteiger partial charge in [0.2, 0.25) is 5.91 Å². The third kappa shape index (κ3) is 5.37. The highest BCUT2D eigenvalue weighted by Gasteiger charge is 2.43. The molecule has 28 heavy (non-hydrogen) atoms. The van der Waals surface area contributed by atoms with E-state index in [4.69, 9.17) is 4.74 Å². The summed E-state index contributed by atoms with van der Waals surface area (Å²) >= 11 is 0. The highest BCUT2D eigenvalue weighted by Crippen LogP contribution is 2.47. The fourth-order valence-corrected chi connectivity index (χ4v) is 3.57. The number of ether oxygens (including phenoxy) is 1. The predicted molar refractivity (Wildman–Crippen MR) is 114 cm³/mol. The Balaban J connectivity index is 0.00000225. The molecule has 2 atom stereocenters. The largest absolute Gasteiger partial charge is 0.489 e. The highest BCUT2D eigenvalue weighted by atomic mass is 35.5. The monoisotopic (exact) mass is 398 g/mol. The molecule has 2 N–H and O–H groups in total. The van der Waals surface area contributed by atoms with Crippen LogP contribution in [0.5, 0.6) is 5.75 Å². The van der Waals surface area contributed by atoms with Gasteiger partial charge in [-0.2, -0.15) is 0 Å². The van der Waals surface area contributed by atoms with E-state index in [9.17, 15) is 4.79 Å². The molecule has 5 heteroatoms. The van der Waals surface area contributed by atoms with Gasteiger partial charge in [0.05, 0.1) is 0 Å². The first kappa shape index (κ1) is 20.4. The molecule has 2 aromatic carbocycles. The van der Waals surface area contributed by atoms with Crippen LogP contribution in [0.15, 0.2) is 66.2 Å². The van der Waals surface area contributed by atoms with E-state index < -0.39 is 0 Å². The molecule has 0 aromatic heterocycles. The van der Waals surface area contributed by atoms with E-state index in [1.165, 1.54) is 11.1 Å². The minimum absolute atomic E-state index is 0. The standard InChI is InChI=1S/C23H26N2O2.ClH/c26-23(25-15-17-10-12-24-13-11-17)22-14-21(22)19-6-8-20(9-7-19)27-16-18-4-2-1-3-5-18;/h1-10,21-22,24H,11-16H2,(H,25,26);1H. The van der Waals surface area contributed by atoms with Crippen LogP contribution >= 0.6 is 12.4 Å². The van der Waals surface area contributed by atoms with Gasteiger partial charge in [0.15, 0.2) is 0 Å². The molecule has 148 valence electrons. The second-order valence-corrected chi connectivity index (χ2v) is 7.33. The minimum Gasteiger partial charge on any atom is -0.489 e. The molecule has 1 fully saturated rings. The lowest BCUT2D eigenvalue weighted by Gasteiger charge is -2.14. The van der Waals surface area contributed by atoms with Gasteiger partial charge in [-0.1, -0.05) is 54.1 Å². The molecule has 1 saturated carbocycles. The van der Waals surface area contributed by atoms with E-state index in [2.05, 4.69) is 41.0 Å². The van der Waals surface area contributed by atoms with Gasteiger partial charge in [0.25, 0.3) is 0 Å². The van der Waals surface area contributed by atoms with Crippen LogP contribution in [0.25, 0.3) is 0 Å². The Bertz CT molecular complexity index is 805. The topological polar surface area (TPSA) is 50.4 Å². The SMILES string of the molecule is Cl.O=C(NCC1=CCNCC1)C1CC1c1ccc(OCc2ccccc2)cc1. The van der Waals surface area contributed by atoms with Gasteiger partial charge in [-0.15, -0.1) is 12.4 Å². The molecule has 0 spiro atoms. The van der Waals surface area contributed by atoms with Gasteiger partial charge >= 0.3 is 0 Å². The molecule has 2 unspecified atom stereocenters. The number of rotatable bonds is 7. The van der Waals surface area contributed by atoms with Crippen LogP contribution in [-0.2, 0) is 11.4 Å². The molecule has 2 aliphatic rings. The molecule has 0 bridgehead atoms. The van der Waals surface area contributed by atoms with Crippen LogP contribution in [0.1, 0.15) is 29.9 Å². The zero-order valence-electron chi connectivity index (χ0n) is 15.9. The Hall–Kier alpha value is -2.30. The summed E-state index contributed by atoms with van der Waals surface area (Å²) in [5.41, 5.74) is 3.71. The minimum atomic E-state index is 0. The number of benzene rings is 2. The second-order valence-electron chi connectivity index (χ2n) is 7.33. The Morgan fingerprint density at radius 2 is 1.89 bits per heavy atom. The molecular weight excluding hydrogens is 372 g/mol. The van der Waals surface area contributed by atoms with Gasteiger partial charge in [-0.25, -0.2) is 0 Å². The van der Waals surface area contributed by atoms with E-state index >= 15 is 0 Å². The fourth-order valence-electron chi connectivity index (χ4n) is 3.57. The summed E-state index contributed by atoms with van der Waals surface area (Å²) in [5.74, 6) is 1.50. The summed E-state index contributed by atoms with van der Waals surface area (Å²) in [6.07, 6.45) is 4.15. The van der Waals surface area contributed by atoms with Crippen LogP contribution in [0.2, 0.25) is 0 Å². The maximum absolute atomic E-state index is 12.4. The smallest absolute Gasteiger partial charge is 0.224 e.